The number of rotatable bonds is 4. The number of anilines is 1. The molecule has 0 saturated heterocycles. The lowest BCUT2D eigenvalue weighted by atomic mass is 10.0. The summed E-state index contributed by atoms with van der Waals surface area (Å²) < 4.78 is 17.7. The highest BCUT2D eigenvalue weighted by atomic mass is 19.1. The Bertz CT molecular complexity index is 839. The molecule has 1 amide bonds. The van der Waals surface area contributed by atoms with E-state index in [0.717, 1.165) is 5.56 Å². The van der Waals surface area contributed by atoms with Gasteiger partial charge in [-0.15, -0.1) is 0 Å². The van der Waals surface area contributed by atoms with E-state index in [-0.39, 0.29) is 5.82 Å². The second-order valence-corrected chi connectivity index (χ2v) is 5.70. The lowest BCUT2D eigenvalue weighted by molar-refractivity contribution is 0.102. The molecule has 0 aliphatic heterocycles. The number of carbonyl (C=O) groups excluding carboxylic acids is 1. The zero-order chi connectivity index (χ0) is 17.1. The first-order valence-electron chi connectivity index (χ1n) is 7.54. The molecule has 3 rings (SSSR count). The van der Waals surface area contributed by atoms with Crippen molar-refractivity contribution >= 4 is 11.7 Å². The summed E-state index contributed by atoms with van der Waals surface area (Å²) in [6.07, 6.45) is 0. The number of amides is 1. The normalized spacial score (nSPS) is 10.8. The smallest absolute Gasteiger partial charge is 0.256 e. The van der Waals surface area contributed by atoms with Crippen molar-refractivity contribution in [3.8, 4) is 11.3 Å². The van der Waals surface area contributed by atoms with Crippen LogP contribution in [0.15, 0.2) is 53.2 Å². The van der Waals surface area contributed by atoms with Crippen molar-refractivity contribution in [1.29, 1.82) is 0 Å². The lowest BCUT2D eigenvalue weighted by Crippen LogP contribution is -2.12. The Morgan fingerprint density at radius 1 is 1.04 bits per heavy atom. The molecule has 0 bridgehead atoms. The van der Waals surface area contributed by atoms with Crippen LogP contribution < -0.4 is 5.32 Å². The first kappa shape index (κ1) is 15.9. The van der Waals surface area contributed by atoms with Gasteiger partial charge in [0.2, 0.25) is 5.82 Å². The molecule has 2 aromatic carbocycles. The predicted octanol–water partition coefficient (Wildman–Crippen LogP) is 4.25. The van der Waals surface area contributed by atoms with Gasteiger partial charge in [-0.3, -0.25) is 4.79 Å². The van der Waals surface area contributed by atoms with Gasteiger partial charge in [-0.2, -0.15) is 0 Å². The van der Waals surface area contributed by atoms with Crippen LogP contribution in [0.3, 0.4) is 0 Å². The molecular weight excluding hydrogens is 309 g/mol. The highest BCUT2D eigenvalue weighted by molar-refractivity contribution is 6.05. The van der Waals surface area contributed by atoms with Crippen molar-refractivity contribution in [2.45, 2.75) is 19.8 Å². The SMILES string of the molecule is CC(C)c1ccc(-c2nonc2NC(=O)c2ccc(F)cc2)cc1. The monoisotopic (exact) mass is 325 g/mol. The van der Waals surface area contributed by atoms with E-state index in [2.05, 4.69) is 29.5 Å². The molecule has 6 heteroatoms. The molecule has 1 heterocycles. The Hall–Kier alpha value is -3.02. The van der Waals surface area contributed by atoms with E-state index in [1.165, 1.54) is 29.8 Å². The second kappa shape index (κ2) is 6.62. The van der Waals surface area contributed by atoms with E-state index >= 15 is 0 Å². The number of carbonyl (C=O) groups is 1. The fraction of sp³-hybridized carbons (Fsp3) is 0.167. The molecule has 0 unspecified atom stereocenters. The molecule has 122 valence electrons. The van der Waals surface area contributed by atoms with Gasteiger partial charge in [0.05, 0.1) is 0 Å². The van der Waals surface area contributed by atoms with Crippen molar-refractivity contribution in [2.24, 2.45) is 0 Å². The van der Waals surface area contributed by atoms with Crippen LogP contribution in [0.4, 0.5) is 10.2 Å². The number of benzene rings is 2. The summed E-state index contributed by atoms with van der Waals surface area (Å²) in [5, 5.41) is 10.2. The Balaban J connectivity index is 1.82. The zero-order valence-electron chi connectivity index (χ0n) is 13.3. The summed E-state index contributed by atoms with van der Waals surface area (Å²) in [6.45, 7) is 4.22. The molecule has 0 aliphatic carbocycles. The minimum absolute atomic E-state index is 0.224. The lowest BCUT2D eigenvalue weighted by Gasteiger charge is -2.06. The maximum absolute atomic E-state index is 12.9. The third-order valence-corrected chi connectivity index (χ3v) is 3.68. The summed E-state index contributed by atoms with van der Waals surface area (Å²) in [7, 11) is 0. The molecule has 0 spiro atoms. The summed E-state index contributed by atoms with van der Waals surface area (Å²) >= 11 is 0. The Labute approximate surface area is 138 Å². The van der Waals surface area contributed by atoms with Crippen LogP contribution in [0, 0.1) is 5.82 Å². The third kappa shape index (κ3) is 3.32. The standard InChI is InChI=1S/C18H16FN3O2/c1-11(2)12-3-5-13(6-4-12)16-17(22-24-21-16)20-18(23)14-7-9-15(19)10-8-14/h3-11H,1-2H3,(H,20,22,23). The first-order chi connectivity index (χ1) is 11.5. The molecule has 0 saturated carbocycles. The molecule has 0 fully saturated rings. The highest BCUT2D eigenvalue weighted by Crippen LogP contribution is 2.26. The van der Waals surface area contributed by atoms with E-state index in [4.69, 9.17) is 4.63 Å². The molecule has 5 nitrogen and oxygen atoms in total. The van der Waals surface area contributed by atoms with Crippen molar-refractivity contribution in [1.82, 2.24) is 10.3 Å². The van der Waals surface area contributed by atoms with Crippen LogP contribution in [0.2, 0.25) is 0 Å². The molecule has 0 aliphatic rings. The maximum Gasteiger partial charge on any atom is 0.256 e. The maximum atomic E-state index is 12.9. The Morgan fingerprint density at radius 3 is 2.33 bits per heavy atom. The molecule has 0 atom stereocenters. The molecule has 24 heavy (non-hydrogen) atoms. The van der Waals surface area contributed by atoms with E-state index in [1.807, 2.05) is 24.3 Å². The fourth-order valence-corrected chi connectivity index (χ4v) is 2.27. The number of nitrogens with zero attached hydrogens (tertiary/aromatic N) is 2. The van der Waals surface area contributed by atoms with E-state index < -0.39 is 11.7 Å². The average Bonchev–Trinajstić information content (AvgIpc) is 3.03. The highest BCUT2D eigenvalue weighted by Gasteiger charge is 2.16. The van der Waals surface area contributed by atoms with E-state index in [9.17, 15) is 9.18 Å². The summed E-state index contributed by atoms with van der Waals surface area (Å²) in [5.74, 6) is -0.167. The van der Waals surface area contributed by atoms with Gasteiger partial charge in [-0.05, 0) is 46.1 Å². The van der Waals surface area contributed by atoms with Gasteiger partial charge in [-0.1, -0.05) is 38.1 Å². The first-order valence-corrected chi connectivity index (χ1v) is 7.54. The minimum Gasteiger partial charge on any atom is -0.302 e. The molecule has 1 aromatic heterocycles. The van der Waals surface area contributed by atoms with E-state index in [0.29, 0.717) is 17.2 Å². The average molecular weight is 325 g/mol. The summed E-state index contributed by atoms with van der Waals surface area (Å²) in [5.41, 5.74) is 2.75. The Kier molecular flexibility index (Phi) is 4.37. The molecule has 3 aromatic rings. The van der Waals surface area contributed by atoms with Crippen molar-refractivity contribution in [3.63, 3.8) is 0 Å². The van der Waals surface area contributed by atoms with Crippen molar-refractivity contribution in [3.05, 3.63) is 65.5 Å². The van der Waals surface area contributed by atoms with Gasteiger partial charge in [0.15, 0.2) is 5.69 Å². The molecule has 0 radical (unpaired) electrons. The fourth-order valence-electron chi connectivity index (χ4n) is 2.27. The van der Waals surface area contributed by atoms with Gasteiger partial charge in [0.25, 0.3) is 5.91 Å². The van der Waals surface area contributed by atoms with Crippen LogP contribution in [0.1, 0.15) is 35.7 Å². The van der Waals surface area contributed by atoms with Gasteiger partial charge in [0, 0.05) is 11.1 Å². The van der Waals surface area contributed by atoms with Gasteiger partial charge < -0.3 is 5.32 Å². The van der Waals surface area contributed by atoms with Gasteiger partial charge in [-0.25, -0.2) is 9.02 Å². The van der Waals surface area contributed by atoms with Crippen molar-refractivity contribution in [2.75, 3.05) is 5.32 Å². The topological polar surface area (TPSA) is 68.0 Å². The summed E-state index contributed by atoms with van der Waals surface area (Å²) in [4.78, 5) is 12.2. The van der Waals surface area contributed by atoms with Crippen LogP contribution in [0.5, 0.6) is 0 Å². The minimum atomic E-state index is -0.411. The van der Waals surface area contributed by atoms with Crippen LogP contribution in [-0.2, 0) is 0 Å². The molecular formula is C18H16FN3O2. The third-order valence-electron chi connectivity index (χ3n) is 3.68. The Morgan fingerprint density at radius 2 is 1.71 bits per heavy atom. The number of halogens is 1. The largest absolute Gasteiger partial charge is 0.302 e. The van der Waals surface area contributed by atoms with Crippen molar-refractivity contribution < 1.29 is 13.8 Å². The predicted molar refractivity (Wildman–Crippen MR) is 88.2 cm³/mol. The van der Waals surface area contributed by atoms with Gasteiger partial charge >= 0.3 is 0 Å². The number of hydrogen-bond acceptors (Lipinski definition) is 4. The van der Waals surface area contributed by atoms with Crippen LogP contribution in [0.25, 0.3) is 11.3 Å². The zero-order valence-corrected chi connectivity index (χ0v) is 13.3. The molecule has 1 N–H and O–H groups in total. The second-order valence-electron chi connectivity index (χ2n) is 5.70. The van der Waals surface area contributed by atoms with Gasteiger partial charge in [0.1, 0.15) is 5.82 Å². The van der Waals surface area contributed by atoms with Crippen LogP contribution >= 0.6 is 0 Å². The number of hydrogen-bond donors (Lipinski definition) is 1. The number of aromatic nitrogens is 2. The summed E-state index contributed by atoms with van der Waals surface area (Å²) in [6, 6.07) is 13.1. The number of nitrogens with one attached hydrogen (secondary N) is 1. The quantitative estimate of drug-likeness (QED) is 0.778. The van der Waals surface area contributed by atoms with Crippen LogP contribution in [-0.4, -0.2) is 16.2 Å². The van der Waals surface area contributed by atoms with E-state index in [1.54, 1.807) is 0 Å².